The Labute approximate surface area is 659 Å². The average molecular weight is 1540 g/mol. The predicted molar refractivity (Wildman–Crippen MR) is 428 cm³/mol. The number of hydrogen-bond acceptors (Lipinski definition) is 20. The van der Waals surface area contributed by atoms with Crippen LogP contribution >= 0.6 is 0 Å². The lowest BCUT2D eigenvalue weighted by Crippen LogP contribution is -2.41. The zero-order valence-electron chi connectivity index (χ0n) is 68.6. The lowest BCUT2D eigenvalue weighted by molar-refractivity contribution is 0.00578. The largest absolute Gasteiger partial charge is 0.496 e. The molecule has 29 heteroatoms. The molecule has 8 aromatic rings. The minimum absolute atomic E-state index is 0.0905. The first-order valence-electron chi connectivity index (χ1n) is 37.7. The van der Waals surface area contributed by atoms with E-state index in [0.717, 1.165) is 82.4 Å². The molecule has 14 rings (SSSR count). The first kappa shape index (κ1) is 86.6. The molecule has 4 aromatic heterocycles. The van der Waals surface area contributed by atoms with E-state index in [-0.39, 0.29) is 63.0 Å². The summed E-state index contributed by atoms with van der Waals surface area (Å²) in [4.78, 5) is 16.9. The maximum Gasteiger partial charge on any atom is 0.496 e. The summed E-state index contributed by atoms with van der Waals surface area (Å²) in [6.45, 7) is 42.8. The molecule has 0 atom stereocenters. The van der Waals surface area contributed by atoms with Gasteiger partial charge >= 0.3 is 35.6 Å². The maximum atomic E-state index is 13.9. The molecule has 112 heavy (non-hydrogen) atoms. The SMILES string of the molecule is CC1(C)OB(c2ccc(Oc3ccc(F)cc3F)nc2)OC1(C)C.CC1(C)OB(c2cncc(-c3ccc(F)cc3)c2)OC1(C)C.CC1(C)OB(c2cncc(-c3ccccc3F)c2)OC1(C)C.CC1(C)OB(c2cncc(OC3CCOCC3)c2)OC1(C)C.COCCOc1ccc(B2OC(C)(C)C(C)(C)O2)cc1OC. The number of aromatic nitrogens is 4. The zero-order chi connectivity index (χ0) is 81.6. The van der Waals surface area contributed by atoms with Crippen molar-refractivity contribution in [2.75, 3.05) is 40.6 Å². The molecule has 6 aliphatic heterocycles. The Balaban J connectivity index is 0.000000149. The Hall–Kier alpha value is -7.76. The van der Waals surface area contributed by atoms with E-state index >= 15 is 0 Å². The summed E-state index contributed by atoms with van der Waals surface area (Å²) in [6, 6.07) is 30.9. The van der Waals surface area contributed by atoms with Crippen LogP contribution in [0, 0.1) is 23.3 Å². The van der Waals surface area contributed by atoms with E-state index in [1.54, 1.807) is 100 Å². The first-order chi connectivity index (χ1) is 52.4. The molecule has 0 unspecified atom stereocenters. The van der Waals surface area contributed by atoms with E-state index < -0.39 is 69.6 Å². The van der Waals surface area contributed by atoms with Crippen molar-refractivity contribution in [1.29, 1.82) is 0 Å². The molecule has 0 spiro atoms. The molecule has 6 fully saturated rings. The van der Waals surface area contributed by atoms with E-state index in [1.807, 2.05) is 175 Å². The molecule has 0 saturated carbocycles. The Morgan fingerprint density at radius 3 is 1.27 bits per heavy atom. The molecule has 0 radical (unpaired) electrons. The van der Waals surface area contributed by atoms with Gasteiger partial charge in [0.15, 0.2) is 23.1 Å². The third kappa shape index (κ3) is 20.7. The van der Waals surface area contributed by atoms with Gasteiger partial charge < -0.3 is 75.0 Å². The van der Waals surface area contributed by atoms with Crippen LogP contribution in [-0.2, 0) is 56.0 Å². The monoisotopic (exact) mass is 1540 g/mol. The maximum absolute atomic E-state index is 13.9. The highest BCUT2D eigenvalue weighted by molar-refractivity contribution is 6.64. The number of nitrogens with zero attached hydrogens (tertiary/aromatic N) is 4. The molecule has 0 N–H and O–H groups in total. The van der Waals surface area contributed by atoms with Crippen LogP contribution in [-0.4, -0.2) is 158 Å². The molecule has 0 amide bonds. The predicted octanol–water partition coefficient (Wildman–Crippen LogP) is 13.8. The van der Waals surface area contributed by atoms with Gasteiger partial charge in [0.1, 0.15) is 35.9 Å². The molecule has 596 valence electrons. The van der Waals surface area contributed by atoms with Crippen molar-refractivity contribution in [3.8, 4) is 51.1 Å². The van der Waals surface area contributed by atoms with Gasteiger partial charge in [-0.25, -0.2) is 22.5 Å². The summed E-state index contributed by atoms with van der Waals surface area (Å²) in [5, 5.41) is 0. The quantitative estimate of drug-likeness (QED) is 0.0502. The van der Waals surface area contributed by atoms with Gasteiger partial charge in [0.05, 0.1) is 89.1 Å². The molecule has 10 heterocycles. The Morgan fingerprint density at radius 2 is 0.804 bits per heavy atom. The summed E-state index contributed by atoms with van der Waals surface area (Å²) < 4.78 is 146. The van der Waals surface area contributed by atoms with Crippen LogP contribution in [0.5, 0.6) is 28.9 Å². The molecule has 4 aromatic carbocycles. The van der Waals surface area contributed by atoms with Crippen molar-refractivity contribution in [2.45, 2.75) is 213 Å². The molecule has 0 aliphatic carbocycles. The average Bonchev–Trinajstić information content (AvgIpc) is 1.66. The fraction of sp³-hybridized carbons (Fsp3) is 0.470. The van der Waals surface area contributed by atoms with E-state index in [4.69, 9.17) is 75.0 Å². The van der Waals surface area contributed by atoms with Crippen molar-refractivity contribution in [2.24, 2.45) is 0 Å². The van der Waals surface area contributed by atoms with Crippen LogP contribution in [0.1, 0.15) is 151 Å². The minimum Gasteiger partial charge on any atom is -0.493 e. The highest BCUT2D eigenvalue weighted by Gasteiger charge is 2.56. The number of pyridine rings is 4. The van der Waals surface area contributed by atoms with Gasteiger partial charge in [0, 0.05) is 102 Å². The van der Waals surface area contributed by atoms with Crippen LogP contribution in [0.15, 0.2) is 159 Å². The number of methoxy groups -OCH3 is 2. The highest BCUT2D eigenvalue weighted by Crippen LogP contribution is 2.42. The van der Waals surface area contributed by atoms with Gasteiger partial charge in [0.25, 0.3) is 0 Å². The number of ether oxygens (including phenoxy) is 6. The van der Waals surface area contributed by atoms with Crippen molar-refractivity contribution < 1.29 is 92.5 Å². The van der Waals surface area contributed by atoms with Gasteiger partial charge in [0.2, 0.25) is 5.88 Å². The summed E-state index contributed by atoms with van der Waals surface area (Å²) in [6.07, 6.45) is 13.9. The summed E-state index contributed by atoms with van der Waals surface area (Å²) in [5.74, 6) is 0.236. The highest BCUT2D eigenvalue weighted by atomic mass is 19.1. The number of hydrogen-bond donors (Lipinski definition) is 0. The van der Waals surface area contributed by atoms with E-state index in [1.165, 1.54) is 24.3 Å². The minimum atomic E-state index is -0.785. The van der Waals surface area contributed by atoms with Crippen molar-refractivity contribution in [3.05, 3.63) is 182 Å². The second-order valence-corrected chi connectivity index (χ2v) is 33.2. The lowest BCUT2D eigenvalue weighted by atomic mass is 9.79. The van der Waals surface area contributed by atoms with Crippen molar-refractivity contribution in [3.63, 3.8) is 0 Å². The molecular weight excluding hydrogens is 1440 g/mol. The standard InChI is InChI=1S/C17H18BF2NO3.2C17H19BFNO2.C16H24BNO4.C16H25BO5/c1-16(2)17(3,4)24-18(23-16)11-5-8-15(21-10-11)22-14-7-6-12(19)9-13(14)20;1-16(2)17(3,4)22-18(21-16)14-9-13(10-20-11-14)12-5-7-15(19)8-6-12;1-16(2)17(3,4)22-18(21-16)13-9-12(10-20-11-13)14-7-5-6-8-15(14)19;1-15(2)16(3,4)22-17(21-15)12-9-14(11-18-10-12)20-13-5-7-19-8-6-13;1-15(2)16(3,4)22-17(21-15)12-7-8-13(14(11-12)19-6)20-10-9-18-5/h5-10H,1-4H3;2*5-11H,1-4H3;9-11,13H,5-8H2,1-4H3;7-8,11H,9-10H2,1-6H3. The molecular formula is C83H105B5F4N4O16. The number of rotatable bonds is 16. The summed E-state index contributed by atoms with van der Waals surface area (Å²) in [5.41, 5.74) is 3.34. The van der Waals surface area contributed by atoms with Gasteiger partial charge in [-0.05, 0) is 204 Å². The van der Waals surface area contributed by atoms with Crippen LogP contribution in [0.3, 0.4) is 0 Å². The van der Waals surface area contributed by atoms with Crippen molar-refractivity contribution in [1.82, 2.24) is 19.9 Å². The molecule has 20 nitrogen and oxygen atoms in total. The Bertz CT molecular complexity index is 4400. The van der Waals surface area contributed by atoms with E-state index in [2.05, 4.69) is 19.9 Å². The smallest absolute Gasteiger partial charge is 0.493 e. The van der Waals surface area contributed by atoms with Gasteiger partial charge in [-0.3, -0.25) is 15.0 Å². The normalized spacial score (nSPS) is 20.2. The summed E-state index contributed by atoms with van der Waals surface area (Å²) >= 11 is 0. The van der Waals surface area contributed by atoms with Crippen LogP contribution < -0.4 is 46.3 Å². The number of benzene rings is 4. The second-order valence-electron chi connectivity index (χ2n) is 33.2. The van der Waals surface area contributed by atoms with E-state index in [0.29, 0.717) is 35.8 Å². The van der Waals surface area contributed by atoms with Gasteiger partial charge in [-0.15, -0.1) is 0 Å². The Kier molecular flexibility index (Phi) is 26.9. The van der Waals surface area contributed by atoms with E-state index in [9.17, 15) is 17.6 Å². The van der Waals surface area contributed by atoms with Crippen LogP contribution in [0.2, 0.25) is 0 Å². The third-order valence-electron chi connectivity index (χ3n) is 22.3. The fourth-order valence-electron chi connectivity index (χ4n) is 11.8. The topological polar surface area (TPSA) is 199 Å². The third-order valence-corrected chi connectivity index (χ3v) is 22.3. The van der Waals surface area contributed by atoms with Crippen LogP contribution in [0.25, 0.3) is 22.3 Å². The number of halogens is 4. The molecule has 6 saturated heterocycles. The fourth-order valence-corrected chi connectivity index (χ4v) is 11.8. The molecule has 0 bridgehead atoms. The van der Waals surface area contributed by atoms with Gasteiger partial charge in [-0.1, -0.05) is 54.6 Å². The summed E-state index contributed by atoms with van der Waals surface area (Å²) in [7, 11) is 0.970. The lowest BCUT2D eigenvalue weighted by Gasteiger charge is -2.32. The molecule has 6 aliphatic rings. The Morgan fingerprint density at radius 1 is 0.375 bits per heavy atom. The van der Waals surface area contributed by atoms with Gasteiger partial charge in [-0.2, -0.15) is 0 Å². The second kappa shape index (κ2) is 34.7. The zero-order valence-corrected chi connectivity index (χ0v) is 68.6. The van der Waals surface area contributed by atoms with Crippen molar-refractivity contribution >= 4 is 62.9 Å². The first-order valence-corrected chi connectivity index (χ1v) is 37.7. The van der Waals surface area contributed by atoms with Crippen LogP contribution in [0.4, 0.5) is 17.6 Å².